The van der Waals surface area contributed by atoms with E-state index in [0.29, 0.717) is 28.2 Å². The van der Waals surface area contributed by atoms with Gasteiger partial charge < -0.3 is 15.4 Å². The second-order valence-corrected chi connectivity index (χ2v) is 12.0. The lowest BCUT2D eigenvalue weighted by atomic mass is 9.94. The molecule has 1 aliphatic heterocycles. The summed E-state index contributed by atoms with van der Waals surface area (Å²) >= 11 is 7.56. The summed E-state index contributed by atoms with van der Waals surface area (Å²) in [5.74, 6) is -0.806. The Labute approximate surface area is 226 Å². The minimum atomic E-state index is -3.54. The van der Waals surface area contributed by atoms with Crippen molar-refractivity contribution in [3.8, 4) is 5.75 Å². The van der Waals surface area contributed by atoms with Gasteiger partial charge in [0, 0.05) is 25.1 Å². The zero-order valence-electron chi connectivity index (χ0n) is 20.3. The van der Waals surface area contributed by atoms with Gasteiger partial charge in [-0.1, -0.05) is 35.1 Å². The standard InChI is InChI=1S/C23H23ClFN7O4S2/c1-12-29-32-21-16(27-23(32)37-12)7-8-31(20(21)14-4-3-13(10-26)9-15(14)25)19(33)11-36-17-5-6-18(28-22(17)24)30-38(2,34)35/h3-6,9,20H,7-8,10-11,26H2,1-2H3,(H,28,30). The van der Waals surface area contributed by atoms with Gasteiger partial charge >= 0.3 is 0 Å². The number of pyridine rings is 1. The predicted octanol–water partition coefficient (Wildman–Crippen LogP) is 2.67. The van der Waals surface area contributed by atoms with Crippen LogP contribution < -0.4 is 15.2 Å². The average molecular weight is 580 g/mol. The Bertz CT molecular complexity index is 1660. The lowest BCUT2D eigenvalue weighted by Crippen LogP contribution is -2.43. The highest BCUT2D eigenvalue weighted by atomic mass is 35.5. The van der Waals surface area contributed by atoms with Crippen molar-refractivity contribution >= 4 is 49.6 Å². The van der Waals surface area contributed by atoms with Crippen molar-refractivity contribution in [2.75, 3.05) is 24.1 Å². The summed E-state index contributed by atoms with van der Waals surface area (Å²) < 4.78 is 47.8. The van der Waals surface area contributed by atoms with E-state index in [4.69, 9.17) is 22.1 Å². The van der Waals surface area contributed by atoms with E-state index in [1.807, 2.05) is 6.92 Å². The lowest BCUT2D eigenvalue weighted by molar-refractivity contribution is -0.135. The Morgan fingerprint density at radius 3 is 2.79 bits per heavy atom. The molecular formula is C23H23ClFN7O4S2. The summed E-state index contributed by atoms with van der Waals surface area (Å²) in [6.45, 7) is 1.90. The number of nitrogens with two attached hydrogens (primary N) is 1. The van der Waals surface area contributed by atoms with E-state index in [2.05, 4.69) is 19.8 Å². The minimum Gasteiger partial charge on any atom is -0.481 e. The van der Waals surface area contributed by atoms with Gasteiger partial charge in [-0.05, 0) is 30.7 Å². The molecule has 4 aromatic rings. The first-order valence-corrected chi connectivity index (χ1v) is 14.5. The number of amides is 1. The largest absolute Gasteiger partial charge is 0.481 e. The molecule has 38 heavy (non-hydrogen) atoms. The number of fused-ring (bicyclic) bond motifs is 3. The molecular weight excluding hydrogens is 557 g/mol. The van der Waals surface area contributed by atoms with Crippen LogP contribution in [0.5, 0.6) is 5.75 Å². The molecule has 0 radical (unpaired) electrons. The molecule has 1 aliphatic rings. The van der Waals surface area contributed by atoms with Gasteiger partial charge in [-0.25, -0.2) is 27.3 Å². The number of hydrogen-bond donors (Lipinski definition) is 2. The average Bonchev–Trinajstić information content (AvgIpc) is 3.37. The summed E-state index contributed by atoms with van der Waals surface area (Å²) in [5, 5.41) is 5.21. The maximum atomic E-state index is 15.4. The number of halogens is 2. The first-order chi connectivity index (χ1) is 18.0. The smallest absolute Gasteiger partial charge is 0.261 e. The number of rotatable bonds is 7. The zero-order chi connectivity index (χ0) is 27.2. The van der Waals surface area contributed by atoms with E-state index in [0.717, 1.165) is 17.0 Å². The molecule has 0 spiro atoms. The van der Waals surface area contributed by atoms with E-state index >= 15 is 4.39 Å². The Kier molecular flexibility index (Phi) is 6.98. The van der Waals surface area contributed by atoms with Gasteiger partial charge in [0.25, 0.3) is 5.91 Å². The number of hydrogen-bond acceptors (Lipinski definition) is 9. The Morgan fingerprint density at radius 2 is 2.11 bits per heavy atom. The minimum absolute atomic E-state index is 0.0134. The molecule has 1 aromatic carbocycles. The quantitative estimate of drug-likeness (QED) is 0.318. The molecule has 0 fully saturated rings. The number of carbonyl (C=O) groups is 1. The molecule has 15 heteroatoms. The Morgan fingerprint density at radius 1 is 1.32 bits per heavy atom. The fraction of sp³-hybridized carbons (Fsp3) is 0.304. The molecule has 3 N–H and O–H groups in total. The van der Waals surface area contributed by atoms with Gasteiger partial charge in [-0.2, -0.15) is 5.10 Å². The summed E-state index contributed by atoms with van der Waals surface area (Å²) in [5.41, 5.74) is 7.98. The molecule has 0 saturated carbocycles. The molecule has 3 aromatic heterocycles. The third kappa shape index (κ3) is 5.16. The van der Waals surface area contributed by atoms with Crippen molar-refractivity contribution in [3.05, 3.63) is 68.8 Å². The number of imidazole rings is 1. The number of benzene rings is 1. The maximum Gasteiger partial charge on any atom is 0.261 e. The Balaban J connectivity index is 1.46. The van der Waals surface area contributed by atoms with Crippen molar-refractivity contribution in [3.63, 3.8) is 0 Å². The molecule has 11 nitrogen and oxygen atoms in total. The molecule has 4 heterocycles. The first-order valence-electron chi connectivity index (χ1n) is 11.4. The highest BCUT2D eigenvalue weighted by Gasteiger charge is 2.38. The molecule has 200 valence electrons. The van der Waals surface area contributed by atoms with Crippen LogP contribution in [0.1, 0.15) is 33.6 Å². The number of aromatic nitrogens is 4. The number of ether oxygens (including phenoxy) is 1. The molecule has 0 bridgehead atoms. The van der Waals surface area contributed by atoms with E-state index in [9.17, 15) is 13.2 Å². The van der Waals surface area contributed by atoms with Crippen molar-refractivity contribution < 1.29 is 22.3 Å². The Hall–Kier alpha value is -3.33. The predicted molar refractivity (Wildman–Crippen MR) is 140 cm³/mol. The third-order valence-corrected chi connectivity index (χ3v) is 7.62. The van der Waals surface area contributed by atoms with E-state index in [1.54, 1.807) is 16.6 Å². The van der Waals surface area contributed by atoms with Crippen molar-refractivity contribution in [2.45, 2.75) is 25.9 Å². The van der Waals surface area contributed by atoms with Crippen LogP contribution in [0.3, 0.4) is 0 Å². The normalized spacial score (nSPS) is 15.5. The van der Waals surface area contributed by atoms with E-state index in [-0.39, 0.29) is 29.8 Å². The summed E-state index contributed by atoms with van der Waals surface area (Å²) in [6.07, 6.45) is 1.45. The van der Waals surface area contributed by atoms with Gasteiger partial charge in [0.05, 0.1) is 17.6 Å². The van der Waals surface area contributed by atoms with E-state index in [1.165, 1.54) is 34.4 Å². The molecule has 1 atom stereocenters. The third-order valence-electron chi connectivity index (χ3n) is 5.95. The van der Waals surface area contributed by atoms with Crippen LogP contribution in [-0.4, -0.2) is 58.2 Å². The van der Waals surface area contributed by atoms with Crippen LogP contribution in [0, 0.1) is 12.7 Å². The van der Waals surface area contributed by atoms with Gasteiger partial charge in [0.2, 0.25) is 15.0 Å². The molecule has 5 rings (SSSR count). The fourth-order valence-corrected chi connectivity index (χ4v) is 5.83. The number of anilines is 1. The number of carbonyl (C=O) groups excluding carboxylic acids is 1. The van der Waals surface area contributed by atoms with Crippen LogP contribution in [0.25, 0.3) is 4.96 Å². The van der Waals surface area contributed by atoms with Crippen molar-refractivity contribution in [2.24, 2.45) is 5.73 Å². The van der Waals surface area contributed by atoms with Gasteiger partial charge in [-0.3, -0.25) is 9.52 Å². The van der Waals surface area contributed by atoms with Gasteiger partial charge in [-0.15, -0.1) is 0 Å². The maximum absolute atomic E-state index is 15.4. The number of nitrogens with zero attached hydrogens (tertiary/aromatic N) is 5. The van der Waals surface area contributed by atoms with Crippen LogP contribution in [0.2, 0.25) is 5.15 Å². The van der Waals surface area contributed by atoms with Crippen LogP contribution in [-0.2, 0) is 27.8 Å². The zero-order valence-corrected chi connectivity index (χ0v) is 22.7. The van der Waals surface area contributed by atoms with Gasteiger partial charge in [0.15, 0.2) is 17.5 Å². The highest BCUT2D eigenvalue weighted by molar-refractivity contribution is 7.92. The fourth-order valence-electron chi connectivity index (χ4n) is 4.36. The number of sulfonamides is 1. The van der Waals surface area contributed by atoms with Crippen LogP contribution in [0.4, 0.5) is 10.2 Å². The topological polar surface area (TPSA) is 145 Å². The summed E-state index contributed by atoms with van der Waals surface area (Å²) in [7, 11) is -3.54. The van der Waals surface area contributed by atoms with Crippen LogP contribution in [0.15, 0.2) is 30.3 Å². The second-order valence-electron chi connectivity index (χ2n) is 8.71. The lowest BCUT2D eigenvalue weighted by Gasteiger charge is -2.35. The van der Waals surface area contributed by atoms with Crippen molar-refractivity contribution in [1.82, 2.24) is 24.5 Å². The second kappa shape index (κ2) is 10.1. The van der Waals surface area contributed by atoms with Crippen LogP contribution >= 0.6 is 22.9 Å². The summed E-state index contributed by atoms with van der Waals surface area (Å²) in [4.78, 5) is 24.3. The number of nitrogens with one attached hydrogen (secondary N) is 1. The number of aryl methyl sites for hydroxylation is 1. The van der Waals surface area contributed by atoms with Gasteiger partial charge in [0.1, 0.15) is 22.7 Å². The SMILES string of the molecule is Cc1nn2c3c(nc2s1)CCN(C(=O)COc1ccc(NS(C)(=O)=O)nc1Cl)C3c1ccc(CN)cc1F. The molecule has 0 saturated heterocycles. The highest BCUT2D eigenvalue weighted by Crippen LogP contribution is 2.38. The first kappa shape index (κ1) is 26.3. The monoisotopic (exact) mass is 579 g/mol. The molecule has 0 aliphatic carbocycles. The van der Waals surface area contributed by atoms with E-state index < -0.39 is 34.4 Å². The van der Waals surface area contributed by atoms with Crippen molar-refractivity contribution in [1.29, 1.82) is 0 Å². The molecule has 1 amide bonds. The molecule has 1 unspecified atom stereocenters. The summed E-state index contributed by atoms with van der Waals surface area (Å²) in [6, 6.07) is 6.70.